The third kappa shape index (κ3) is 2.89. The molecule has 0 atom stereocenters. The second kappa shape index (κ2) is 6.22. The summed E-state index contributed by atoms with van der Waals surface area (Å²) in [4.78, 5) is 4.59. The average molecular weight is 331 g/mol. The van der Waals surface area contributed by atoms with Gasteiger partial charge in [0, 0.05) is 0 Å². The van der Waals surface area contributed by atoms with E-state index in [1.54, 1.807) is 29.5 Å². The van der Waals surface area contributed by atoms with Crippen molar-refractivity contribution in [3.63, 3.8) is 0 Å². The highest BCUT2D eigenvalue weighted by atomic mass is 32.1. The Balaban J connectivity index is 1.72. The quantitative estimate of drug-likeness (QED) is 0.462. The van der Waals surface area contributed by atoms with Crippen molar-refractivity contribution < 1.29 is 5.11 Å². The summed E-state index contributed by atoms with van der Waals surface area (Å²) < 4.78 is 1.09. The van der Waals surface area contributed by atoms with Crippen LogP contribution in [0.4, 0.5) is 11.4 Å². The molecule has 0 fully saturated rings. The molecule has 0 saturated heterocycles. The first kappa shape index (κ1) is 14.5. The number of rotatable bonds is 3. The summed E-state index contributed by atoms with van der Waals surface area (Å²) >= 11 is 1.54. The zero-order valence-corrected chi connectivity index (χ0v) is 13.4. The smallest absolute Gasteiger partial charge is 0.128 e. The fourth-order valence-corrected chi connectivity index (χ4v) is 3.35. The van der Waals surface area contributed by atoms with Gasteiger partial charge in [-0.1, -0.05) is 30.3 Å². The van der Waals surface area contributed by atoms with Crippen LogP contribution in [0.5, 0.6) is 5.75 Å². The number of hydrogen-bond donors (Lipinski definition) is 1. The summed E-state index contributed by atoms with van der Waals surface area (Å²) in [6.07, 6.45) is 0. The molecule has 1 heterocycles. The summed E-state index contributed by atoms with van der Waals surface area (Å²) in [6, 6.07) is 22.6. The highest BCUT2D eigenvalue weighted by Crippen LogP contribution is 2.37. The number of benzene rings is 3. The summed E-state index contributed by atoms with van der Waals surface area (Å²) in [5.41, 5.74) is 3.05. The Labute approximate surface area is 142 Å². The predicted octanol–water partition coefficient (Wildman–Crippen LogP) is 6.08. The maximum atomic E-state index is 10.2. The molecule has 5 heteroatoms. The van der Waals surface area contributed by atoms with Gasteiger partial charge in [-0.15, -0.1) is 11.3 Å². The number of thiazole rings is 1. The van der Waals surface area contributed by atoms with Crippen molar-refractivity contribution in [3.05, 3.63) is 72.8 Å². The third-order valence-electron chi connectivity index (χ3n) is 3.54. The molecule has 0 aliphatic carbocycles. The number of para-hydroxylation sites is 1. The number of nitrogens with zero attached hydrogens (tertiary/aromatic N) is 3. The topological polar surface area (TPSA) is 57.8 Å². The summed E-state index contributed by atoms with van der Waals surface area (Å²) in [5.74, 6) is 0.188. The molecule has 1 aromatic heterocycles. The Morgan fingerprint density at radius 1 is 0.792 bits per heavy atom. The van der Waals surface area contributed by atoms with E-state index in [4.69, 9.17) is 0 Å². The maximum Gasteiger partial charge on any atom is 0.128 e. The van der Waals surface area contributed by atoms with Crippen LogP contribution in [0.25, 0.3) is 20.8 Å². The molecule has 0 radical (unpaired) electrons. The molecular formula is C19H13N3OS. The lowest BCUT2D eigenvalue weighted by molar-refractivity contribution is 0.477. The molecule has 4 nitrogen and oxygen atoms in total. The zero-order chi connectivity index (χ0) is 16.4. The fraction of sp³-hybridized carbons (Fsp3) is 0. The Morgan fingerprint density at radius 3 is 2.38 bits per heavy atom. The van der Waals surface area contributed by atoms with Gasteiger partial charge >= 0.3 is 0 Å². The van der Waals surface area contributed by atoms with Crippen molar-refractivity contribution >= 4 is 32.9 Å². The summed E-state index contributed by atoms with van der Waals surface area (Å²) in [6.45, 7) is 0. The van der Waals surface area contributed by atoms with Crippen molar-refractivity contribution in [1.82, 2.24) is 4.98 Å². The van der Waals surface area contributed by atoms with E-state index in [-0.39, 0.29) is 5.75 Å². The monoisotopic (exact) mass is 331 g/mol. The Morgan fingerprint density at radius 2 is 1.54 bits per heavy atom. The number of aromatic nitrogens is 1. The van der Waals surface area contributed by atoms with Crippen LogP contribution in [-0.4, -0.2) is 10.1 Å². The Kier molecular flexibility index (Phi) is 3.76. The number of aromatic hydroxyl groups is 1. The molecule has 24 heavy (non-hydrogen) atoms. The zero-order valence-electron chi connectivity index (χ0n) is 12.6. The molecule has 4 rings (SSSR count). The third-order valence-corrected chi connectivity index (χ3v) is 4.61. The lowest BCUT2D eigenvalue weighted by atomic mass is 10.2. The molecule has 0 unspecified atom stereocenters. The van der Waals surface area contributed by atoms with E-state index in [0.717, 1.165) is 20.9 Å². The van der Waals surface area contributed by atoms with Gasteiger partial charge in [-0.3, -0.25) is 0 Å². The highest BCUT2D eigenvalue weighted by molar-refractivity contribution is 7.21. The molecule has 116 valence electrons. The number of phenolic OH excluding ortho intramolecular Hbond substituents is 1. The molecule has 3 aromatic carbocycles. The minimum atomic E-state index is 0.188. The van der Waals surface area contributed by atoms with E-state index < -0.39 is 0 Å². The van der Waals surface area contributed by atoms with Crippen molar-refractivity contribution in [1.29, 1.82) is 0 Å². The van der Waals surface area contributed by atoms with Gasteiger partial charge in [0.15, 0.2) is 0 Å². The minimum absolute atomic E-state index is 0.188. The minimum Gasteiger partial charge on any atom is -0.507 e. The molecule has 1 N–H and O–H groups in total. The first-order valence-electron chi connectivity index (χ1n) is 7.45. The van der Waals surface area contributed by atoms with Gasteiger partial charge in [0.25, 0.3) is 0 Å². The van der Waals surface area contributed by atoms with Crippen LogP contribution < -0.4 is 0 Å². The number of hydrogen-bond acceptors (Lipinski definition) is 5. The Hall–Kier alpha value is -3.05. The van der Waals surface area contributed by atoms with E-state index >= 15 is 0 Å². The second-order valence-electron chi connectivity index (χ2n) is 5.22. The van der Waals surface area contributed by atoms with Crippen LogP contribution in [0.2, 0.25) is 0 Å². The van der Waals surface area contributed by atoms with Crippen molar-refractivity contribution in [2.75, 3.05) is 0 Å². The van der Waals surface area contributed by atoms with Crippen molar-refractivity contribution in [2.24, 2.45) is 10.2 Å². The van der Waals surface area contributed by atoms with E-state index in [9.17, 15) is 5.11 Å². The molecule has 0 amide bonds. The first-order chi connectivity index (χ1) is 11.8. The molecule has 0 spiro atoms. The van der Waals surface area contributed by atoms with Crippen LogP contribution in [-0.2, 0) is 0 Å². The number of fused-ring (bicyclic) bond motifs is 1. The van der Waals surface area contributed by atoms with Crippen molar-refractivity contribution in [2.45, 2.75) is 0 Å². The average Bonchev–Trinajstić information content (AvgIpc) is 3.06. The van der Waals surface area contributed by atoms with Crippen LogP contribution in [0.3, 0.4) is 0 Å². The standard InChI is InChI=1S/C19H13N3OS/c23-17-11-10-14(22-21-13-6-2-1-3-7-13)12-15(17)19-20-16-8-4-5-9-18(16)24-19/h1-12,23H. The van der Waals surface area contributed by atoms with Gasteiger partial charge in [-0.2, -0.15) is 10.2 Å². The molecule has 0 saturated carbocycles. The lowest BCUT2D eigenvalue weighted by Crippen LogP contribution is -1.77. The maximum absolute atomic E-state index is 10.2. The van der Waals surface area contributed by atoms with E-state index in [1.165, 1.54) is 0 Å². The van der Waals surface area contributed by atoms with Gasteiger partial charge in [0.2, 0.25) is 0 Å². The van der Waals surface area contributed by atoms with Crippen LogP contribution >= 0.6 is 11.3 Å². The van der Waals surface area contributed by atoms with Crippen LogP contribution in [0.15, 0.2) is 83.0 Å². The molecule has 0 aliphatic rings. The van der Waals surface area contributed by atoms with Gasteiger partial charge in [-0.25, -0.2) is 4.98 Å². The first-order valence-corrected chi connectivity index (χ1v) is 8.27. The molecular weight excluding hydrogens is 318 g/mol. The van der Waals surface area contributed by atoms with Crippen LogP contribution in [0, 0.1) is 0 Å². The van der Waals surface area contributed by atoms with Gasteiger partial charge < -0.3 is 5.11 Å². The lowest BCUT2D eigenvalue weighted by Gasteiger charge is -2.01. The Bertz CT molecular complexity index is 992. The second-order valence-corrected chi connectivity index (χ2v) is 6.25. The van der Waals surface area contributed by atoms with E-state index in [1.807, 2.05) is 54.6 Å². The summed E-state index contributed by atoms with van der Waals surface area (Å²) in [7, 11) is 0. The SMILES string of the molecule is Oc1ccc(N=Nc2ccccc2)cc1-c1nc2ccccc2s1. The largest absolute Gasteiger partial charge is 0.507 e. The fourth-order valence-electron chi connectivity index (χ4n) is 2.36. The highest BCUT2D eigenvalue weighted by Gasteiger charge is 2.11. The normalized spacial score (nSPS) is 11.3. The number of azo groups is 1. The molecule has 4 aromatic rings. The summed E-state index contributed by atoms with van der Waals surface area (Å²) in [5, 5.41) is 19.4. The van der Waals surface area contributed by atoms with Gasteiger partial charge in [0.1, 0.15) is 10.8 Å². The van der Waals surface area contributed by atoms with Crippen molar-refractivity contribution in [3.8, 4) is 16.3 Å². The molecule has 0 bridgehead atoms. The van der Waals surface area contributed by atoms with Gasteiger partial charge in [-0.05, 0) is 42.5 Å². The molecule has 0 aliphatic heterocycles. The van der Waals surface area contributed by atoms with Gasteiger partial charge in [0.05, 0.1) is 27.2 Å². The predicted molar refractivity (Wildman–Crippen MR) is 97.3 cm³/mol. The number of phenols is 1. The van der Waals surface area contributed by atoms with E-state index in [0.29, 0.717) is 11.3 Å². The van der Waals surface area contributed by atoms with E-state index in [2.05, 4.69) is 15.2 Å². The van der Waals surface area contributed by atoms with Crippen LogP contribution in [0.1, 0.15) is 0 Å².